The van der Waals surface area contributed by atoms with Crippen molar-refractivity contribution in [2.24, 2.45) is 0 Å². The smallest absolute Gasteiger partial charge is 0.255 e. The molecular weight excluding hydrogens is 240 g/mol. The Morgan fingerprint density at radius 1 is 1.11 bits per heavy atom. The second-order valence-corrected chi connectivity index (χ2v) is 4.91. The van der Waals surface area contributed by atoms with Crippen molar-refractivity contribution in [3.8, 4) is 0 Å². The van der Waals surface area contributed by atoms with E-state index < -0.39 is 17.6 Å². The van der Waals surface area contributed by atoms with Crippen LogP contribution in [0, 0.1) is 0 Å². The molecule has 0 amide bonds. The third-order valence-corrected chi connectivity index (χ3v) is 3.79. The number of nitrogens with zero attached hydrogens (tertiary/aromatic N) is 1. The maximum atomic E-state index is 14.1. The normalized spacial score (nSPS) is 29.6. The van der Waals surface area contributed by atoms with Gasteiger partial charge in [0.1, 0.15) is 0 Å². The van der Waals surface area contributed by atoms with Gasteiger partial charge < -0.3 is 9.47 Å². The zero-order chi connectivity index (χ0) is 12.6. The quantitative estimate of drug-likeness (QED) is 0.773. The second kappa shape index (κ2) is 4.24. The number of hydrogen-bond acceptors (Lipinski definition) is 3. The van der Waals surface area contributed by atoms with Crippen LogP contribution in [-0.2, 0) is 9.47 Å². The molecule has 3 rings (SSSR count). The van der Waals surface area contributed by atoms with Gasteiger partial charge in [-0.1, -0.05) is 0 Å². The number of pyridine rings is 1. The molecule has 1 atom stereocenters. The van der Waals surface area contributed by atoms with E-state index in [0.29, 0.717) is 18.8 Å². The van der Waals surface area contributed by atoms with E-state index in [2.05, 4.69) is 4.98 Å². The zero-order valence-corrected chi connectivity index (χ0v) is 9.94. The van der Waals surface area contributed by atoms with Gasteiger partial charge in [0.2, 0.25) is 0 Å². The fourth-order valence-electron chi connectivity index (χ4n) is 2.81. The number of alkyl halides is 2. The Hall–Kier alpha value is -1.07. The van der Waals surface area contributed by atoms with E-state index >= 15 is 0 Å². The Morgan fingerprint density at radius 2 is 1.78 bits per heavy atom. The van der Waals surface area contributed by atoms with Gasteiger partial charge in [0.05, 0.1) is 19.1 Å². The van der Waals surface area contributed by atoms with Crippen molar-refractivity contribution in [2.45, 2.75) is 36.9 Å². The molecule has 98 valence electrons. The number of aromatic nitrogens is 1. The molecule has 1 aromatic rings. The number of halogens is 2. The van der Waals surface area contributed by atoms with E-state index in [9.17, 15) is 8.78 Å². The van der Waals surface area contributed by atoms with Gasteiger partial charge in [-0.2, -0.15) is 0 Å². The van der Waals surface area contributed by atoms with Crippen molar-refractivity contribution in [1.82, 2.24) is 4.98 Å². The summed E-state index contributed by atoms with van der Waals surface area (Å²) in [5.41, 5.74) is 0.605. The van der Waals surface area contributed by atoms with Crippen LogP contribution in [0.2, 0.25) is 0 Å². The average Bonchev–Trinajstić information content (AvgIpc) is 2.83. The van der Waals surface area contributed by atoms with Gasteiger partial charge in [-0.15, -0.1) is 0 Å². The summed E-state index contributed by atoms with van der Waals surface area (Å²) in [6, 6.07) is 3.29. The van der Waals surface area contributed by atoms with Crippen LogP contribution >= 0.6 is 0 Å². The first-order valence-electron chi connectivity index (χ1n) is 6.17. The van der Waals surface area contributed by atoms with Crippen molar-refractivity contribution >= 4 is 0 Å². The van der Waals surface area contributed by atoms with Crippen LogP contribution in [0.15, 0.2) is 24.5 Å². The van der Waals surface area contributed by atoms with Crippen molar-refractivity contribution in [1.29, 1.82) is 0 Å². The van der Waals surface area contributed by atoms with Gasteiger partial charge in [-0.25, -0.2) is 8.78 Å². The maximum Gasteiger partial charge on any atom is 0.255 e. The molecule has 1 saturated heterocycles. The number of hydrogen-bond donors (Lipinski definition) is 0. The van der Waals surface area contributed by atoms with Crippen LogP contribution < -0.4 is 0 Å². The summed E-state index contributed by atoms with van der Waals surface area (Å²) in [5, 5.41) is 0. The molecule has 1 aliphatic heterocycles. The molecule has 5 heteroatoms. The maximum absolute atomic E-state index is 14.1. The van der Waals surface area contributed by atoms with Gasteiger partial charge in [0.25, 0.3) is 5.92 Å². The van der Waals surface area contributed by atoms with Gasteiger partial charge >= 0.3 is 0 Å². The van der Waals surface area contributed by atoms with Crippen molar-refractivity contribution in [2.75, 3.05) is 13.2 Å². The molecule has 18 heavy (non-hydrogen) atoms. The van der Waals surface area contributed by atoms with E-state index in [0.717, 1.165) is 0 Å². The molecule has 0 aromatic carbocycles. The lowest BCUT2D eigenvalue weighted by molar-refractivity contribution is -0.218. The first-order valence-corrected chi connectivity index (χ1v) is 6.17. The average molecular weight is 255 g/mol. The van der Waals surface area contributed by atoms with Crippen LogP contribution in [0.4, 0.5) is 8.78 Å². The van der Waals surface area contributed by atoms with E-state index in [1.807, 2.05) is 0 Å². The lowest BCUT2D eigenvalue weighted by atomic mass is 9.78. The molecule has 1 unspecified atom stereocenters. The van der Waals surface area contributed by atoms with Gasteiger partial charge in [0.15, 0.2) is 5.79 Å². The first-order chi connectivity index (χ1) is 8.61. The summed E-state index contributed by atoms with van der Waals surface area (Å²) in [6.45, 7) is 0.989. The fourth-order valence-corrected chi connectivity index (χ4v) is 2.81. The fraction of sp³-hybridized carbons (Fsp3) is 0.615. The minimum Gasteiger partial charge on any atom is -0.348 e. The third kappa shape index (κ3) is 2.01. The highest BCUT2D eigenvalue weighted by Crippen LogP contribution is 2.50. The van der Waals surface area contributed by atoms with Crippen LogP contribution in [-0.4, -0.2) is 29.9 Å². The van der Waals surface area contributed by atoms with E-state index in [4.69, 9.17) is 9.47 Å². The molecule has 3 nitrogen and oxygen atoms in total. The van der Waals surface area contributed by atoms with E-state index in [1.54, 1.807) is 24.5 Å². The number of ether oxygens (including phenoxy) is 2. The lowest BCUT2D eigenvalue weighted by Gasteiger charge is -2.41. The Kier molecular flexibility index (Phi) is 2.83. The van der Waals surface area contributed by atoms with Crippen molar-refractivity contribution < 1.29 is 18.3 Å². The predicted octanol–water partition coefficient (Wildman–Crippen LogP) is 2.73. The summed E-state index contributed by atoms with van der Waals surface area (Å²) in [4.78, 5) is 3.87. The van der Waals surface area contributed by atoms with Gasteiger partial charge in [0, 0.05) is 31.7 Å². The predicted molar refractivity (Wildman–Crippen MR) is 60.4 cm³/mol. The van der Waals surface area contributed by atoms with E-state index in [1.165, 1.54) is 0 Å². The van der Waals surface area contributed by atoms with Crippen LogP contribution in [0.3, 0.4) is 0 Å². The highest BCUT2D eigenvalue weighted by Gasteiger charge is 2.53. The first kappa shape index (κ1) is 12.0. The lowest BCUT2D eigenvalue weighted by Crippen LogP contribution is -2.44. The molecule has 1 spiro atoms. The summed E-state index contributed by atoms with van der Waals surface area (Å²) in [7, 11) is 0. The summed E-state index contributed by atoms with van der Waals surface area (Å²) in [6.07, 6.45) is 3.37. The Morgan fingerprint density at radius 3 is 2.44 bits per heavy atom. The molecule has 0 bridgehead atoms. The Labute approximate surface area is 104 Å². The zero-order valence-electron chi connectivity index (χ0n) is 9.94. The van der Waals surface area contributed by atoms with Gasteiger partial charge in [-0.3, -0.25) is 4.98 Å². The molecule has 2 heterocycles. The van der Waals surface area contributed by atoms with Gasteiger partial charge in [-0.05, 0) is 17.7 Å². The third-order valence-electron chi connectivity index (χ3n) is 3.79. The molecule has 2 aliphatic rings. The van der Waals surface area contributed by atoms with Crippen molar-refractivity contribution in [3.63, 3.8) is 0 Å². The minimum atomic E-state index is -2.71. The summed E-state index contributed by atoms with van der Waals surface area (Å²) >= 11 is 0. The largest absolute Gasteiger partial charge is 0.348 e. The van der Waals surface area contributed by atoms with E-state index in [-0.39, 0.29) is 19.3 Å². The molecular formula is C13H15F2NO2. The standard InChI is InChI=1S/C13H15F2NO2/c14-13(15)4-3-12(17-7-8-18-12)9-11(13)10-1-5-16-6-2-10/h1-2,5-6,11H,3-4,7-9H2. The topological polar surface area (TPSA) is 31.4 Å². The number of rotatable bonds is 1. The van der Waals surface area contributed by atoms with Crippen LogP contribution in [0.1, 0.15) is 30.7 Å². The molecule has 1 aromatic heterocycles. The molecule has 1 aliphatic carbocycles. The molecule has 1 saturated carbocycles. The molecule has 2 fully saturated rings. The highest BCUT2D eigenvalue weighted by atomic mass is 19.3. The summed E-state index contributed by atoms with van der Waals surface area (Å²) in [5.74, 6) is -4.36. The Bertz CT molecular complexity index is 418. The summed E-state index contributed by atoms with van der Waals surface area (Å²) < 4.78 is 39.2. The van der Waals surface area contributed by atoms with Crippen LogP contribution in [0.25, 0.3) is 0 Å². The Balaban J connectivity index is 1.89. The highest BCUT2D eigenvalue weighted by molar-refractivity contribution is 5.21. The SMILES string of the molecule is FC1(F)CCC2(CC1c1ccncc1)OCCO2. The molecule has 0 radical (unpaired) electrons. The van der Waals surface area contributed by atoms with Crippen LogP contribution in [0.5, 0.6) is 0 Å². The molecule has 0 N–H and O–H groups in total. The van der Waals surface area contributed by atoms with Crippen molar-refractivity contribution in [3.05, 3.63) is 30.1 Å². The minimum absolute atomic E-state index is 0.194. The monoisotopic (exact) mass is 255 g/mol. The second-order valence-electron chi connectivity index (χ2n) is 4.91.